The highest BCUT2D eigenvalue weighted by atomic mass is 19.1. The van der Waals surface area contributed by atoms with Crippen molar-refractivity contribution in [2.45, 2.75) is 44.0 Å². The highest BCUT2D eigenvalue weighted by molar-refractivity contribution is 6.00. The van der Waals surface area contributed by atoms with Gasteiger partial charge in [0.1, 0.15) is 30.6 Å². The maximum Gasteiger partial charge on any atom is 0.320 e. The fourth-order valence-corrected chi connectivity index (χ4v) is 6.69. The summed E-state index contributed by atoms with van der Waals surface area (Å²) >= 11 is 0. The molecule has 5 aromatic rings. The summed E-state index contributed by atoms with van der Waals surface area (Å²) in [4.78, 5) is 15.8. The van der Waals surface area contributed by atoms with Crippen LogP contribution in [-0.4, -0.2) is 63.0 Å². The Morgan fingerprint density at radius 3 is 2.67 bits per heavy atom. The minimum atomic E-state index is -0.895. The fraction of sp³-hybridized carbons (Fsp3) is 0.324. The number of ether oxygens (including phenoxy) is 2. The molecule has 0 radical (unpaired) electrons. The normalized spacial score (nSPS) is 20.1. The van der Waals surface area contributed by atoms with Crippen molar-refractivity contribution < 1.29 is 23.4 Å². The van der Waals surface area contributed by atoms with Gasteiger partial charge in [0.2, 0.25) is 5.88 Å². The zero-order chi connectivity index (χ0) is 29.4. The molecule has 2 aliphatic rings. The van der Waals surface area contributed by atoms with Gasteiger partial charge >= 0.3 is 6.01 Å². The van der Waals surface area contributed by atoms with Crippen molar-refractivity contribution in [3.05, 3.63) is 89.9 Å². The largest absolute Gasteiger partial charge is 0.472 e. The highest BCUT2D eigenvalue weighted by Gasteiger charge is 2.49. The van der Waals surface area contributed by atoms with Crippen molar-refractivity contribution in [3.63, 3.8) is 0 Å². The lowest BCUT2D eigenvalue weighted by Crippen LogP contribution is -2.43. The average molecular weight is 583 g/mol. The Balaban J connectivity index is 1.31. The molecule has 4 heterocycles. The maximum absolute atomic E-state index is 16.6. The molecule has 0 spiro atoms. The molecule has 0 saturated carbocycles. The number of halogens is 2. The van der Waals surface area contributed by atoms with Crippen molar-refractivity contribution in [3.8, 4) is 23.1 Å². The number of fused-ring (bicyclic) bond motifs is 3. The Hall–Kier alpha value is -4.21. The van der Waals surface area contributed by atoms with Crippen molar-refractivity contribution in [1.29, 1.82) is 0 Å². The van der Waals surface area contributed by atoms with Crippen LogP contribution in [0, 0.1) is 5.82 Å². The molecule has 2 aliphatic heterocycles. The zero-order valence-electron chi connectivity index (χ0n) is 23.7. The number of aliphatic hydroxyl groups is 1. The summed E-state index contributed by atoms with van der Waals surface area (Å²) in [6, 6.07) is 21.1. The Morgan fingerprint density at radius 1 is 1.00 bits per heavy atom. The van der Waals surface area contributed by atoms with E-state index in [9.17, 15) is 9.50 Å². The smallest absolute Gasteiger partial charge is 0.320 e. The SMILES string of the molecule is OCCc1cccc2cccc(-c3ncc4c(OCc5ccccc5)nc(OC[C@@]56CCCN5C[C@H](F)C6)nc4c3F)c12. The molecule has 3 aromatic carbocycles. The summed E-state index contributed by atoms with van der Waals surface area (Å²) in [5, 5.41) is 11.8. The van der Waals surface area contributed by atoms with E-state index in [0.717, 1.165) is 41.3 Å². The van der Waals surface area contributed by atoms with Gasteiger partial charge in [-0.25, -0.2) is 8.78 Å². The molecule has 7 nitrogen and oxygen atoms in total. The summed E-state index contributed by atoms with van der Waals surface area (Å²) < 4.78 is 43.2. The number of nitrogens with zero attached hydrogens (tertiary/aromatic N) is 4. The van der Waals surface area contributed by atoms with E-state index in [-0.39, 0.29) is 42.9 Å². The minimum Gasteiger partial charge on any atom is -0.472 e. The third-order valence-electron chi connectivity index (χ3n) is 8.71. The van der Waals surface area contributed by atoms with Crippen LogP contribution in [0.4, 0.5) is 8.78 Å². The standard InChI is InChI=1S/C34H32F2N4O3/c35-25-17-34(14-6-15-40(34)19-25)21-43-33-38-31-27(32(39-33)42-20-22-7-2-1-3-8-22)18-37-30(29(31)36)26-12-5-11-23-9-4-10-24(13-16-41)28(23)26/h1-5,7-12,18,25,41H,6,13-17,19-21H2/t25-,34+/m1/s1. The molecule has 0 bridgehead atoms. The van der Waals surface area contributed by atoms with Crippen molar-refractivity contribution in [2.24, 2.45) is 0 Å². The molecular formula is C34H32F2N4O3. The second-order valence-electron chi connectivity index (χ2n) is 11.4. The molecule has 2 saturated heterocycles. The summed E-state index contributed by atoms with van der Waals surface area (Å²) in [6.45, 7) is 1.63. The number of alkyl halides is 1. The van der Waals surface area contributed by atoms with E-state index in [4.69, 9.17) is 9.47 Å². The minimum absolute atomic E-state index is 0.0194. The first kappa shape index (κ1) is 27.6. The number of rotatable bonds is 9. The summed E-state index contributed by atoms with van der Waals surface area (Å²) in [5.41, 5.74) is 2.20. The Kier molecular flexibility index (Phi) is 7.36. The van der Waals surface area contributed by atoms with Crippen LogP contribution in [0.5, 0.6) is 11.9 Å². The lowest BCUT2D eigenvalue weighted by atomic mass is 9.95. The molecule has 0 aliphatic carbocycles. The van der Waals surface area contributed by atoms with Crippen molar-refractivity contribution in [1.82, 2.24) is 19.9 Å². The molecule has 2 fully saturated rings. The van der Waals surface area contributed by atoms with Crippen molar-refractivity contribution in [2.75, 3.05) is 26.3 Å². The predicted molar refractivity (Wildman–Crippen MR) is 160 cm³/mol. The average Bonchev–Trinajstić information content (AvgIpc) is 3.55. The van der Waals surface area contributed by atoms with Crippen LogP contribution >= 0.6 is 0 Å². The molecule has 2 atom stereocenters. The highest BCUT2D eigenvalue weighted by Crippen LogP contribution is 2.41. The van der Waals surface area contributed by atoms with Gasteiger partial charge in [-0.05, 0) is 47.7 Å². The van der Waals surface area contributed by atoms with Gasteiger partial charge in [-0.15, -0.1) is 0 Å². The monoisotopic (exact) mass is 582 g/mol. The van der Waals surface area contributed by atoms with Crippen LogP contribution < -0.4 is 9.47 Å². The second kappa shape index (κ2) is 11.5. The first-order valence-corrected chi connectivity index (χ1v) is 14.7. The lowest BCUT2D eigenvalue weighted by Gasteiger charge is -2.30. The Labute approximate surface area is 248 Å². The number of aromatic nitrogens is 3. The topological polar surface area (TPSA) is 80.6 Å². The first-order chi connectivity index (χ1) is 21.0. The lowest BCUT2D eigenvalue weighted by molar-refractivity contribution is 0.106. The molecule has 220 valence electrons. The molecule has 0 unspecified atom stereocenters. The second-order valence-corrected chi connectivity index (χ2v) is 11.4. The third-order valence-corrected chi connectivity index (χ3v) is 8.71. The first-order valence-electron chi connectivity index (χ1n) is 14.7. The predicted octanol–water partition coefficient (Wildman–Crippen LogP) is 6.05. The number of pyridine rings is 1. The van der Waals surface area contributed by atoms with Crippen LogP contribution in [0.3, 0.4) is 0 Å². The Bertz CT molecular complexity index is 1780. The number of benzene rings is 3. The van der Waals surface area contributed by atoms with E-state index in [2.05, 4.69) is 19.9 Å². The van der Waals surface area contributed by atoms with Gasteiger partial charge in [0.05, 0.1) is 10.9 Å². The molecular weight excluding hydrogens is 550 g/mol. The summed E-state index contributed by atoms with van der Waals surface area (Å²) in [5.74, 6) is -0.456. The zero-order valence-corrected chi connectivity index (χ0v) is 23.7. The number of hydrogen-bond acceptors (Lipinski definition) is 7. The quantitative estimate of drug-likeness (QED) is 0.227. The van der Waals surface area contributed by atoms with Gasteiger partial charge in [0.25, 0.3) is 0 Å². The van der Waals surface area contributed by atoms with E-state index in [0.29, 0.717) is 30.3 Å². The molecule has 9 heteroatoms. The van der Waals surface area contributed by atoms with Gasteiger partial charge in [-0.3, -0.25) is 9.88 Å². The molecule has 1 N–H and O–H groups in total. The van der Waals surface area contributed by atoms with Crippen LogP contribution in [-0.2, 0) is 13.0 Å². The summed E-state index contributed by atoms with van der Waals surface area (Å²) in [6.07, 6.45) is 3.28. The van der Waals surface area contributed by atoms with Gasteiger partial charge in [0, 0.05) is 31.3 Å². The van der Waals surface area contributed by atoms with E-state index in [1.54, 1.807) is 0 Å². The van der Waals surface area contributed by atoms with Crippen LogP contribution in [0.15, 0.2) is 72.9 Å². The van der Waals surface area contributed by atoms with Crippen LogP contribution in [0.1, 0.15) is 30.4 Å². The van der Waals surface area contributed by atoms with E-state index in [1.807, 2.05) is 66.7 Å². The van der Waals surface area contributed by atoms with Gasteiger partial charge in [-0.2, -0.15) is 9.97 Å². The maximum atomic E-state index is 16.6. The third kappa shape index (κ3) is 5.17. The van der Waals surface area contributed by atoms with Crippen LogP contribution in [0.2, 0.25) is 0 Å². The van der Waals surface area contributed by atoms with Crippen molar-refractivity contribution >= 4 is 21.7 Å². The number of aliphatic hydroxyl groups excluding tert-OH is 1. The van der Waals surface area contributed by atoms with Gasteiger partial charge in [0.15, 0.2) is 5.82 Å². The Morgan fingerprint density at radius 2 is 1.84 bits per heavy atom. The van der Waals surface area contributed by atoms with Gasteiger partial charge < -0.3 is 14.6 Å². The molecule has 7 rings (SSSR count). The van der Waals surface area contributed by atoms with E-state index >= 15 is 4.39 Å². The molecule has 2 aromatic heterocycles. The number of hydrogen-bond donors (Lipinski definition) is 1. The van der Waals surface area contributed by atoms with E-state index < -0.39 is 17.5 Å². The molecule has 0 amide bonds. The van der Waals surface area contributed by atoms with Crippen LogP contribution in [0.25, 0.3) is 32.9 Å². The molecule has 43 heavy (non-hydrogen) atoms. The van der Waals surface area contributed by atoms with Gasteiger partial charge in [-0.1, -0.05) is 66.7 Å². The fourth-order valence-electron chi connectivity index (χ4n) is 6.69. The van der Waals surface area contributed by atoms with E-state index in [1.165, 1.54) is 6.20 Å². The summed E-state index contributed by atoms with van der Waals surface area (Å²) in [7, 11) is 0.